The number of piperidine rings is 2. The Labute approximate surface area is 232 Å². The maximum absolute atomic E-state index is 12.7. The lowest BCUT2D eigenvalue weighted by molar-refractivity contribution is 0.102. The number of carbonyl (C=O) groups is 2. The lowest BCUT2D eigenvalue weighted by atomic mass is 9.99. The zero-order valence-corrected chi connectivity index (χ0v) is 23.1. The van der Waals surface area contributed by atoms with E-state index in [1.807, 2.05) is 31.3 Å². The number of amides is 2. The molecule has 206 valence electrons. The van der Waals surface area contributed by atoms with Gasteiger partial charge in [0.05, 0.1) is 11.9 Å². The summed E-state index contributed by atoms with van der Waals surface area (Å²) in [5.41, 5.74) is 2.32. The van der Waals surface area contributed by atoms with Gasteiger partial charge in [-0.2, -0.15) is 0 Å². The zero-order chi connectivity index (χ0) is 27.2. The van der Waals surface area contributed by atoms with Crippen molar-refractivity contribution < 1.29 is 14.3 Å². The van der Waals surface area contributed by atoms with E-state index in [-0.39, 0.29) is 11.8 Å². The smallest absolute Gasteiger partial charge is 0.391 e. The quantitative estimate of drug-likeness (QED) is 0.468. The highest BCUT2D eigenvalue weighted by Crippen LogP contribution is 2.28. The van der Waals surface area contributed by atoms with E-state index in [0.717, 1.165) is 43.6 Å². The average molecular weight is 551 g/mol. The van der Waals surface area contributed by atoms with Gasteiger partial charge in [0, 0.05) is 43.6 Å². The number of aryl methyl sites for hydroxylation is 1. The summed E-state index contributed by atoms with van der Waals surface area (Å²) in [4.78, 5) is 33.7. The first-order chi connectivity index (χ1) is 18.9. The average Bonchev–Trinajstić information content (AvgIpc) is 3.35. The van der Waals surface area contributed by atoms with Crippen LogP contribution in [0.5, 0.6) is 5.88 Å². The molecule has 0 radical (unpaired) electrons. The first kappa shape index (κ1) is 27.1. The van der Waals surface area contributed by atoms with Crippen molar-refractivity contribution in [2.24, 2.45) is 13.0 Å². The third kappa shape index (κ3) is 7.33. The first-order valence-corrected chi connectivity index (χ1v) is 14.3. The number of benzene rings is 1. The topological polar surface area (TPSA) is 118 Å². The normalized spacial score (nSPS) is 17.2. The van der Waals surface area contributed by atoms with Gasteiger partial charge in [-0.25, -0.2) is 14.5 Å². The maximum Gasteiger partial charge on any atom is 0.416 e. The molecule has 2 aliphatic heterocycles. The van der Waals surface area contributed by atoms with E-state index < -0.39 is 6.09 Å². The molecule has 4 heterocycles. The number of pyridine rings is 1. The number of anilines is 1. The van der Waals surface area contributed by atoms with Gasteiger partial charge in [-0.1, -0.05) is 30.8 Å². The fourth-order valence-electron chi connectivity index (χ4n) is 4.74. The molecule has 2 aliphatic rings. The number of hydrogen-bond acceptors (Lipinski definition) is 9. The number of tetrazole rings is 1. The summed E-state index contributed by atoms with van der Waals surface area (Å²) in [6.45, 7) is 6.66. The SMILES string of the molecule is CC1CCN(Cc2ccc(C(=O)Nc3ccc(OC(=O)N4CCC(Sc5nnnn5C)CC4)nc3)cc2)CC1. The van der Waals surface area contributed by atoms with Crippen LogP contribution >= 0.6 is 11.8 Å². The summed E-state index contributed by atoms with van der Waals surface area (Å²) in [5, 5.41) is 15.5. The summed E-state index contributed by atoms with van der Waals surface area (Å²) >= 11 is 1.63. The Balaban J connectivity index is 1.06. The van der Waals surface area contributed by atoms with Gasteiger partial charge in [0.2, 0.25) is 11.0 Å². The second kappa shape index (κ2) is 12.6. The van der Waals surface area contributed by atoms with Crippen molar-refractivity contribution >= 4 is 29.4 Å². The number of likely N-dealkylation sites (tertiary alicyclic amines) is 2. The van der Waals surface area contributed by atoms with Crippen LogP contribution in [0.3, 0.4) is 0 Å². The summed E-state index contributed by atoms with van der Waals surface area (Å²) < 4.78 is 7.11. The van der Waals surface area contributed by atoms with Gasteiger partial charge in [-0.3, -0.25) is 9.69 Å². The van der Waals surface area contributed by atoms with Gasteiger partial charge in [-0.05, 0) is 78.9 Å². The van der Waals surface area contributed by atoms with Crippen LogP contribution in [0.4, 0.5) is 10.5 Å². The van der Waals surface area contributed by atoms with Crippen LogP contribution in [0.25, 0.3) is 0 Å². The standard InChI is InChI=1S/C27H34N8O3S/c1-19-9-13-34(14-10-19)18-20-3-5-21(6-4-20)25(36)29-22-7-8-24(28-17-22)38-27(37)35-15-11-23(12-16-35)39-26-30-31-32-33(26)2/h3-8,17,19,23H,9-16,18H2,1-2H3,(H,29,36). The molecular weight excluding hydrogens is 516 g/mol. The Bertz CT molecular complexity index is 1250. The second-order valence-corrected chi connectivity index (χ2v) is 11.5. The Morgan fingerprint density at radius 2 is 1.77 bits per heavy atom. The first-order valence-electron chi connectivity index (χ1n) is 13.4. The molecule has 0 unspecified atom stereocenters. The molecule has 39 heavy (non-hydrogen) atoms. The molecule has 0 saturated carbocycles. The number of rotatable bonds is 7. The van der Waals surface area contributed by atoms with Gasteiger partial charge in [0.25, 0.3) is 5.91 Å². The number of ether oxygens (including phenoxy) is 1. The summed E-state index contributed by atoms with van der Waals surface area (Å²) in [7, 11) is 1.81. The Morgan fingerprint density at radius 1 is 1.03 bits per heavy atom. The van der Waals surface area contributed by atoms with E-state index in [9.17, 15) is 9.59 Å². The number of nitrogens with one attached hydrogen (secondary N) is 1. The molecule has 0 spiro atoms. The molecule has 1 N–H and O–H groups in total. The molecule has 3 aromatic rings. The highest BCUT2D eigenvalue weighted by molar-refractivity contribution is 7.99. The number of thioether (sulfide) groups is 1. The molecule has 0 bridgehead atoms. The molecular formula is C27H34N8O3S. The second-order valence-electron chi connectivity index (χ2n) is 10.3. The third-order valence-corrected chi connectivity index (χ3v) is 8.60. The highest BCUT2D eigenvalue weighted by Gasteiger charge is 2.26. The van der Waals surface area contributed by atoms with Gasteiger partial charge < -0.3 is 15.0 Å². The molecule has 0 aliphatic carbocycles. The van der Waals surface area contributed by atoms with Crippen LogP contribution in [-0.2, 0) is 13.6 Å². The van der Waals surface area contributed by atoms with Gasteiger partial charge in [0.1, 0.15) is 0 Å². The van der Waals surface area contributed by atoms with Crippen LogP contribution in [0, 0.1) is 5.92 Å². The van der Waals surface area contributed by atoms with Crippen LogP contribution in [0.15, 0.2) is 47.8 Å². The minimum atomic E-state index is -0.429. The van der Waals surface area contributed by atoms with E-state index in [1.165, 1.54) is 24.6 Å². The van der Waals surface area contributed by atoms with E-state index in [4.69, 9.17) is 4.74 Å². The van der Waals surface area contributed by atoms with Crippen LogP contribution in [-0.4, -0.2) is 78.4 Å². The van der Waals surface area contributed by atoms with Crippen LogP contribution < -0.4 is 10.1 Å². The van der Waals surface area contributed by atoms with Crippen molar-refractivity contribution in [3.63, 3.8) is 0 Å². The van der Waals surface area contributed by atoms with E-state index >= 15 is 0 Å². The van der Waals surface area contributed by atoms with Gasteiger partial charge >= 0.3 is 6.09 Å². The molecule has 2 aromatic heterocycles. The fraction of sp³-hybridized carbons (Fsp3) is 0.481. The Morgan fingerprint density at radius 3 is 2.41 bits per heavy atom. The van der Waals surface area contributed by atoms with E-state index in [1.54, 1.807) is 33.5 Å². The fourth-order valence-corrected chi connectivity index (χ4v) is 5.76. The molecule has 0 atom stereocenters. The summed E-state index contributed by atoms with van der Waals surface area (Å²) in [5.74, 6) is 0.791. The molecule has 2 saturated heterocycles. The summed E-state index contributed by atoms with van der Waals surface area (Å²) in [6.07, 6.45) is 5.20. The Hall–Kier alpha value is -3.51. The van der Waals surface area contributed by atoms with E-state index in [0.29, 0.717) is 29.6 Å². The number of carbonyl (C=O) groups excluding carboxylic acids is 2. The maximum atomic E-state index is 12.7. The lowest BCUT2D eigenvalue weighted by Gasteiger charge is -2.30. The molecule has 1 aromatic carbocycles. The number of hydrogen-bond donors (Lipinski definition) is 1. The van der Waals surface area contributed by atoms with E-state index in [2.05, 4.69) is 37.6 Å². The van der Waals surface area contributed by atoms with Crippen molar-refractivity contribution in [3.8, 4) is 5.88 Å². The monoisotopic (exact) mass is 550 g/mol. The third-order valence-electron chi connectivity index (χ3n) is 7.24. The largest absolute Gasteiger partial charge is 0.416 e. The van der Waals surface area contributed by atoms with Gasteiger partial charge in [0.15, 0.2) is 0 Å². The minimum absolute atomic E-state index is 0.191. The number of aromatic nitrogens is 5. The lowest BCUT2D eigenvalue weighted by Crippen LogP contribution is -2.41. The van der Waals surface area contributed by atoms with Crippen molar-refractivity contribution in [3.05, 3.63) is 53.7 Å². The molecule has 2 amide bonds. The highest BCUT2D eigenvalue weighted by atomic mass is 32.2. The minimum Gasteiger partial charge on any atom is -0.391 e. The predicted molar refractivity (Wildman–Crippen MR) is 148 cm³/mol. The molecule has 12 heteroatoms. The van der Waals surface area contributed by atoms with Crippen LogP contribution in [0.1, 0.15) is 48.5 Å². The molecule has 2 fully saturated rings. The van der Waals surface area contributed by atoms with Gasteiger partial charge in [-0.15, -0.1) is 5.10 Å². The van der Waals surface area contributed by atoms with Crippen molar-refractivity contribution in [1.82, 2.24) is 35.0 Å². The van der Waals surface area contributed by atoms with Crippen molar-refractivity contribution in [2.75, 3.05) is 31.5 Å². The van der Waals surface area contributed by atoms with Crippen molar-refractivity contribution in [2.45, 2.75) is 49.6 Å². The Kier molecular flexibility index (Phi) is 8.72. The zero-order valence-electron chi connectivity index (χ0n) is 22.3. The molecule has 5 rings (SSSR count). The predicted octanol–water partition coefficient (Wildman–Crippen LogP) is 3.84. The summed E-state index contributed by atoms with van der Waals surface area (Å²) in [6, 6.07) is 11.0. The molecule has 11 nitrogen and oxygen atoms in total. The van der Waals surface area contributed by atoms with Crippen molar-refractivity contribution in [1.29, 1.82) is 0 Å². The van der Waals surface area contributed by atoms with Crippen LogP contribution in [0.2, 0.25) is 0 Å². The number of nitrogens with zero attached hydrogens (tertiary/aromatic N) is 7.